The number of aromatic nitrogens is 1. The summed E-state index contributed by atoms with van der Waals surface area (Å²) in [6, 6.07) is 3.54. The fourth-order valence-electron chi connectivity index (χ4n) is 2.37. The van der Waals surface area contributed by atoms with Crippen molar-refractivity contribution in [1.29, 1.82) is 0 Å². The van der Waals surface area contributed by atoms with Crippen LogP contribution in [-0.4, -0.2) is 55.3 Å². The van der Waals surface area contributed by atoms with E-state index >= 15 is 0 Å². The number of nitrogens with one attached hydrogen (secondary N) is 1. The number of nitrogens with two attached hydrogens (primary N) is 1. The molecule has 110 valence electrons. The Kier molecular flexibility index (Phi) is 5.02. The van der Waals surface area contributed by atoms with Gasteiger partial charge in [-0.2, -0.15) is 0 Å². The second kappa shape index (κ2) is 6.76. The van der Waals surface area contributed by atoms with Crippen molar-refractivity contribution in [2.75, 3.05) is 27.3 Å². The van der Waals surface area contributed by atoms with Gasteiger partial charge in [0.05, 0.1) is 23.5 Å². The van der Waals surface area contributed by atoms with Crippen LogP contribution in [0, 0.1) is 0 Å². The van der Waals surface area contributed by atoms with E-state index in [1.54, 1.807) is 20.3 Å². The molecular formula is C13H20N4O3. The minimum Gasteiger partial charge on any atom is -0.377 e. The van der Waals surface area contributed by atoms with E-state index in [0.29, 0.717) is 12.1 Å². The number of hydrogen-bond donors (Lipinski definition) is 2. The topological polar surface area (TPSA) is 89.7 Å². The molecule has 0 radical (unpaired) electrons. The molecule has 1 aromatic rings. The second-order valence-electron chi connectivity index (χ2n) is 4.75. The molecule has 1 amide bonds. The predicted octanol–water partition coefficient (Wildman–Crippen LogP) is -0.469. The van der Waals surface area contributed by atoms with Crippen LogP contribution >= 0.6 is 0 Å². The number of methoxy groups -OCH3 is 2. The van der Waals surface area contributed by atoms with Gasteiger partial charge in [0.1, 0.15) is 0 Å². The Morgan fingerprint density at radius 2 is 2.05 bits per heavy atom. The number of carbonyl (C=O) groups is 1. The molecule has 1 aliphatic rings. The third-order valence-electron chi connectivity index (χ3n) is 3.50. The number of hydrogen-bond acceptors (Lipinski definition) is 6. The number of pyridine rings is 1. The summed E-state index contributed by atoms with van der Waals surface area (Å²) in [6.45, 7) is 2.31. The summed E-state index contributed by atoms with van der Waals surface area (Å²) in [5, 5.41) is 0. The highest BCUT2D eigenvalue weighted by Crippen LogP contribution is 2.17. The molecule has 0 spiro atoms. The average Bonchev–Trinajstić information content (AvgIpc) is 2.89. The Hall–Kier alpha value is -1.54. The maximum absolute atomic E-state index is 11.3. The summed E-state index contributed by atoms with van der Waals surface area (Å²) >= 11 is 0. The summed E-state index contributed by atoms with van der Waals surface area (Å²) in [7, 11) is 3.39. The van der Waals surface area contributed by atoms with Gasteiger partial charge in [-0.05, 0) is 12.1 Å². The number of amides is 1. The summed E-state index contributed by atoms with van der Waals surface area (Å²) in [5.41, 5.74) is 3.42. The van der Waals surface area contributed by atoms with Crippen LogP contribution in [-0.2, 0) is 16.0 Å². The number of likely N-dealkylation sites (tertiary alicyclic amines) is 1. The Bertz CT molecular complexity index is 439. The lowest BCUT2D eigenvalue weighted by molar-refractivity contribution is -0.00461. The van der Waals surface area contributed by atoms with Crippen molar-refractivity contribution < 1.29 is 14.3 Å². The van der Waals surface area contributed by atoms with Gasteiger partial charge < -0.3 is 9.47 Å². The van der Waals surface area contributed by atoms with E-state index in [0.717, 1.165) is 18.8 Å². The molecule has 2 heterocycles. The van der Waals surface area contributed by atoms with Crippen LogP contribution in [0.3, 0.4) is 0 Å². The number of ether oxygens (including phenoxy) is 2. The smallest absolute Gasteiger partial charge is 0.266 e. The standard InChI is InChI=1S/C13H20N4O3/c1-19-11-7-17(8-12(11)20-2)6-10-4-3-9(5-15-10)13(18)16-14/h3-5,11-12H,6-8,14H2,1-2H3,(H,16,18). The lowest BCUT2D eigenvalue weighted by atomic mass is 10.2. The highest BCUT2D eigenvalue weighted by Gasteiger charge is 2.32. The van der Waals surface area contributed by atoms with Crippen molar-refractivity contribution in [2.24, 2.45) is 5.84 Å². The number of hydrazine groups is 1. The maximum Gasteiger partial charge on any atom is 0.266 e. The highest BCUT2D eigenvalue weighted by atomic mass is 16.5. The van der Waals surface area contributed by atoms with E-state index in [-0.39, 0.29) is 18.1 Å². The van der Waals surface area contributed by atoms with Gasteiger partial charge in [-0.1, -0.05) is 0 Å². The molecular weight excluding hydrogens is 260 g/mol. The third kappa shape index (κ3) is 3.31. The monoisotopic (exact) mass is 280 g/mol. The van der Waals surface area contributed by atoms with E-state index in [9.17, 15) is 4.79 Å². The van der Waals surface area contributed by atoms with Crippen LogP contribution in [0.1, 0.15) is 16.1 Å². The Morgan fingerprint density at radius 1 is 1.40 bits per heavy atom. The lowest BCUT2D eigenvalue weighted by Gasteiger charge is -2.14. The Morgan fingerprint density at radius 3 is 2.50 bits per heavy atom. The van der Waals surface area contributed by atoms with E-state index in [2.05, 4.69) is 15.3 Å². The SMILES string of the molecule is COC1CN(Cc2ccc(C(=O)NN)cn2)CC1OC. The lowest BCUT2D eigenvalue weighted by Crippen LogP contribution is -2.30. The van der Waals surface area contributed by atoms with Gasteiger partial charge >= 0.3 is 0 Å². The quantitative estimate of drug-likeness (QED) is 0.430. The summed E-state index contributed by atoms with van der Waals surface area (Å²) in [6.07, 6.45) is 1.69. The van der Waals surface area contributed by atoms with Gasteiger partial charge in [0.2, 0.25) is 0 Å². The molecule has 0 aliphatic carbocycles. The largest absolute Gasteiger partial charge is 0.377 e. The zero-order valence-corrected chi connectivity index (χ0v) is 11.7. The number of nitrogen functional groups attached to an aromatic ring is 1. The van der Waals surface area contributed by atoms with E-state index < -0.39 is 0 Å². The summed E-state index contributed by atoms with van der Waals surface area (Å²) in [4.78, 5) is 17.8. The number of nitrogens with zero attached hydrogens (tertiary/aromatic N) is 2. The first-order valence-corrected chi connectivity index (χ1v) is 6.41. The summed E-state index contributed by atoms with van der Waals surface area (Å²) in [5.74, 6) is 4.73. The van der Waals surface area contributed by atoms with Crippen molar-refractivity contribution in [2.45, 2.75) is 18.8 Å². The van der Waals surface area contributed by atoms with Crippen LogP contribution < -0.4 is 11.3 Å². The molecule has 1 fully saturated rings. The predicted molar refractivity (Wildman–Crippen MR) is 72.8 cm³/mol. The maximum atomic E-state index is 11.3. The van der Waals surface area contributed by atoms with Crippen molar-refractivity contribution in [3.05, 3.63) is 29.6 Å². The van der Waals surface area contributed by atoms with Crippen LogP contribution in [0.4, 0.5) is 0 Å². The van der Waals surface area contributed by atoms with Gasteiger partial charge in [-0.15, -0.1) is 0 Å². The minimum atomic E-state index is -0.343. The first-order valence-electron chi connectivity index (χ1n) is 6.41. The minimum absolute atomic E-state index is 0.0855. The van der Waals surface area contributed by atoms with Crippen LogP contribution in [0.25, 0.3) is 0 Å². The van der Waals surface area contributed by atoms with Gasteiger partial charge in [0.25, 0.3) is 5.91 Å². The van der Waals surface area contributed by atoms with Crippen molar-refractivity contribution in [3.63, 3.8) is 0 Å². The molecule has 7 heteroatoms. The average molecular weight is 280 g/mol. The third-order valence-corrected chi connectivity index (χ3v) is 3.50. The molecule has 1 saturated heterocycles. The molecule has 0 saturated carbocycles. The molecule has 2 unspecified atom stereocenters. The first kappa shape index (κ1) is 14.9. The van der Waals surface area contributed by atoms with Gasteiger partial charge in [0.15, 0.2) is 0 Å². The zero-order valence-electron chi connectivity index (χ0n) is 11.7. The molecule has 7 nitrogen and oxygen atoms in total. The fraction of sp³-hybridized carbons (Fsp3) is 0.538. The molecule has 2 rings (SSSR count). The van der Waals surface area contributed by atoms with Crippen molar-refractivity contribution in [1.82, 2.24) is 15.3 Å². The molecule has 0 bridgehead atoms. The van der Waals surface area contributed by atoms with E-state index in [1.807, 2.05) is 6.07 Å². The van der Waals surface area contributed by atoms with E-state index in [1.165, 1.54) is 6.20 Å². The number of rotatable bonds is 5. The first-order chi connectivity index (χ1) is 9.67. The molecule has 0 aromatic carbocycles. The zero-order chi connectivity index (χ0) is 14.5. The molecule has 1 aromatic heterocycles. The Balaban J connectivity index is 1.96. The normalized spacial score (nSPS) is 22.9. The van der Waals surface area contributed by atoms with Crippen LogP contribution in [0.15, 0.2) is 18.3 Å². The molecule has 1 aliphatic heterocycles. The second-order valence-corrected chi connectivity index (χ2v) is 4.75. The van der Waals surface area contributed by atoms with E-state index in [4.69, 9.17) is 15.3 Å². The number of carbonyl (C=O) groups excluding carboxylic acids is 1. The Labute approximate surface area is 118 Å². The van der Waals surface area contributed by atoms with Crippen LogP contribution in [0.5, 0.6) is 0 Å². The molecule has 20 heavy (non-hydrogen) atoms. The van der Waals surface area contributed by atoms with Gasteiger partial charge in [-0.25, -0.2) is 5.84 Å². The summed E-state index contributed by atoms with van der Waals surface area (Å²) < 4.78 is 10.8. The van der Waals surface area contributed by atoms with Gasteiger partial charge in [-0.3, -0.25) is 20.1 Å². The highest BCUT2D eigenvalue weighted by molar-refractivity contribution is 5.93. The van der Waals surface area contributed by atoms with Crippen LogP contribution in [0.2, 0.25) is 0 Å². The van der Waals surface area contributed by atoms with Gasteiger partial charge in [0, 0.05) is 40.1 Å². The molecule has 2 atom stereocenters. The van der Waals surface area contributed by atoms with Crippen molar-refractivity contribution >= 4 is 5.91 Å². The molecule has 3 N–H and O–H groups in total. The van der Waals surface area contributed by atoms with Crippen molar-refractivity contribution in [3.8, 4) is 0 Å². The fourth-order valence-corrected chi connectivity index (χ4v) is 2.37.